The van der Waals surface area contributed by atoms with Crippen LogP contribution in [0, 0.1) is 5.82 Å². The lowest BCUT2D eigenvalue weighted by Gasteiger charge is -2.25. The van der Waals surface area contributed by atoms with Crippen molar-refractivity contribution in [3.05, 3.63) is 89.8 Å². The lowest BCUT2D eigenvalue weighted by Crippen LogP contribution is -2.42. The fraction of sp³-hybridized carbons (Fsp3) is 0.185. The van der Waals surface area contributed by atoms with Crippen LogP contribution in [0.25, 0.3) is 16.9 Å². The van der Waals surface area contributed by atoms with Gasteiger partial charge in [0.2, 0.25) is 21.9 Å². The van der Waals surface area contributed by atoms with Crippen LogP contribution >= 0.6 is 11.6 Å². The van der Waals surface area contributed by atoms with Gasteiger partial charge in [0.1, 0.15) is 11.6 Å². The summed E-state index contributed by atoms with van der Waals surface area (Å²) in [6, 6.07) is 18.9. The number of hydrogen-bond donors (Lipinski definition) is 1. The second kappa shape index (κ2) is 11.3. The molecule has 4 aromatic rings. The van der Waals surface area contributed by atoms with E-state index in [0.717, 1.165) is 9.87 Å². The minimum Gasteiger partial charge on any atom is -0.497 e. The van der Waals surface area contributed by atoms with Crippen LogP contribution in [0.1, 0.15) is 13.8 Å². The maximum atomic E-state index is 13.8. The van der Waals surface area contributed by atoms with Crippen LogP contribution in [0.15, 0.2) is 83.9 Å². The number of ether oxygens (including phenoxy) is 1. The molecule has 0 saturated carbocycles. The summed E-state index contributed by atoms with van der Waals surface area (Å²) in [5, 5.41) is 2.62. The van der Waals surface area contributed by atoms with Crippen LogP contribution in [0.3, 0.4) is 0 Å². The molecule has 1 N–H and O–H groups in total. The highest BCUT2D eigenvalue weighted by Gasteiger charge is 2.29. The van der Waals surface area contributed by atoms with Gasteiger partial charge in [-0.15, -0.1) is 0 Å². The number of amides is 1. The summed E-state index contributed by atoms with van der Waals surface area (Å²) in [6.45, 7) is 2.91. The Hall–Kier alpha value is -3.73. The summed E-state index contributed by atoms with van der Waals surface area (Å²) in [5.74, 6) is -0.544. The Balaban J connectivity index is 1.65. The molecule has 3 aromatic carbocycles. The van der Waals surface area contributed by atoms with Crippen molar-refractivity contribution >= 4 is 33.5 Å². The van der Waals surface area contributed by atoms with Gasteiger partial charge in [0, 0.05) is 17.8 Å². The zero-order chi connectivity index (χ0) is 27.4. The van der Waals surface area contributed by atoms with E-state index in [1.54, 1.807) is 36.7 Å². The van der Waals surface area contributed by atoms with E-state index in [2.05, 4.69) is 10.3 Å². The molecule has 0 fully saturated rings. The summed E-state index contributed by atoms with van der Waals surface area (Å²) < 4.78 is 48.3. The molecule has 1 heterocycles. The van der Waals surface area contributed by atoms with Crippen LogP contribution < -0.4 is 10.1 Å². The van der Waals surface area contributed by atoms with E-state index in [1.165, 1.54) is 37.4 Å². The average molecular weight is 557 g/mol. The standard InChI is InChI=1S/C27H26ClFN4O4S/c1-18(2)33(38(35,36)22-12-10-21(37-3)11-13-22)17-26(34)31-27-30-25(19-7-5-4-6-8-19)16-32(27)20-9-14-24(29)23(28)15-20/h4-16,18H,17H2,1-3H3,(H,30,31,34). The molecule has 0 spiro atoms. The molecule has 0 aliphatic rings. The molecular weight excluding hydrogens is 531 g/mol. The topological polar surface area (TPSA) is 93.5 Å². The Morgan fingerprint density at radius 1 is 1.11 bits per heavy atom. The fourth-order valence-corrected chi connectivity index (χ4v) is 5.55. The van der Waals surface area contributed by atoms with E-state index in [0.29, 0.717) is 17.1 Å². The van der Waals surface area contributed by atoms with Crippen molar-refractivity contribution in [2.75, 3.05) is 19.0 Å². The van der Waals surface area contributed by atoms with Crippen molar-refractivity contribution in [3.63, 3.8) is 0 Å². The normalized spacial score (nSPS) is 11.7. The number of carbonyl (C=O) groups is 1. The van der Waals surface area contributed by atoms with Crippen LogP contribution in [0.5, 0.6) is 5.75 Å². The number of nitrogens with one attached hydrogen (secondary N) is 1. The Kier molecular flexibility index (Phi) is 8.15. The Labute approximate surface area is 225 Å². The highest BCUT2D eigenvalue weighted by molar-refractivity contribution is 7.89. The highest BCUT2D eigenvalue weighted by Crippen LogP contribution is 2.27. The number of aromatic nitrogens is 2. The Bertz CT molecular complexity index is 1540. The number of sulfonamides is 1. The van der Waals surface area contributed by atoms with Crippen molar-refractivity contribution < 1.29 is 22.3 Å². The van der Waals surface area contributed by atoms with Gasteiger partial charge in [0.15, 0.2) is 0 Å². The SMILES string of the molecule is COc1ccc(S(=O)(=O)N(CC(=O)Nc2nc(-c3ccccc3)cn2-c2ccc(F)c(Cl)c2)C(C)C)cc1. The second-order valence-electron chi connectivity index (χ2n) is 8.65. The number of carbonyl (C=O) groups excluding carboxylic acids is 1. The maximum Gasteiger partial charge on any atom is 0.243 e. The summed E-state index contributed by atoms with van der Waals surface area (Å²) in [7, 11) is -2.51. The number of benzene rings is 3. The molecule has 1 amide bonds. The Morgan fingerprint density at radius 3 is 2.39 bits per heavy atom. The lowest BCUT2D eigenvalue weighted by atomic mass is 10.2. The molecule has 1 aromatic heterocycles. The third kappa shape index (κ3) is 5.88. The molecule has 8 nitrogen and oxygen atoms in total. The van der Waals surface area contributed by atoms with Gasteiger partial charge in [-0.3, -0.25) is 14.7 Å². The van der Waals surface area contributed by atoms with E-state index in [-0.39, 0.29) is 15.9 Å². The number of nitrogens with zero attached hydrogens (tertiary/aromatic N) is 3. The third-order valence-electron chi connectivity index (χ3n) is 5.75. The maximum absolute atomic E-state index is 13.8. The molecule has 0 aliphatic heterocycles. The van der Waals surface area contributed by atoms with E-state index < -0.39 is 34.3 Å². The van der Waals surface area contributed by atoms with Gasteiger partial charge in [0.05, 0.1) is 35.0 Å². The van der Waals surface area contributed by atoms with E-state index in [9.17, 15) is 17.6 Å². The minimum absolute atomic E-state index is 0.0358. The molecule has 4 rings (SSSR count). The first-order valence-electron chi connectivity index (χ1n) is 11.7. The van der Waals surface area contributed by atoms with Gasteiger partial charge in [-0.1, -0.05) is 41.9 Å². The Morgan fingerprint density at radius 2 is 1.79 bits per heavy atom. The van der Waals surface area contributed by atoms with Gasteiger partial charge in [-0.25, -0.2) is 17.8 Å². The minimum atomic E-state index is -3.99. The summed E-state index contributed by atoms with van der Waals surface area (Å²) >= 11 is 6.00. The number of halogens is 2. The zero-order valence-corrected chi connectivity index (χ0v) is 22.5. The molecule has 38 heavy (non-hydrogen) atoms. The molecule has 11 heteroatoms. The smallest absolute Gasteiger partial charge is 0.243 e. The number of hydrogen-bond acceptors (Lipinski definition) is 5. The van der Waals surface area contributed by atoms with Crippen molar-refractivity contribution in [1.29, 1.82) is 0 Å². The predicted molar refractivity (Wildman–Crippen MR) is 145 cm³/mol. The first kappa shape index (κ1) is 27.3. The van der Waals surface area contributed by atoms with Crippen LogP contribution in [0.4, 0.5) is 10.3 Å². The van der Waals surface area contributed by atoms with Gasteiger partial charge in [0.25, 0.3) is 0 Å². The zero-order valence-electron chi connectivity index (χ0n) is 20.9. The predicted octanol–water partition coefficient (Wildman–Crippen LogP) is 5.38. The molecule has 0 unspecified atom stereocenters. The van der Waals surface area contributed by atoms with Gasteiger partial charge in [-0.05, 0) is 56.3 Å². The molecule has 0 bridgehead atoms. The second-order valence-corrected chi connectivity index (χ2v) is 10.9. The molecule has 0 atom stereocenters. The monoisotopic (exact) mass is 556 g/mol. The first-order valence-corrected chi connectivity index (χ1v) is 13.5. The number of rotatable bonds is 9. The van der Waals surface area contributed by atoms with Crippen LogP contribution in [0.2, 0.25) is 5.02 Å². The van der Waals surface area contributed by atoms with Crippen molar-refractivity contribution in [2.45, 2.75) is 24.8 Å². The van der Waals surface area contributed by atoms with Gasteiger partial charge < -0.3 is 4.74 Å². The van der Waals surface area contributed by atoms with Gasteiger partial charge in [-0.2, -0.15) is 4.31 Å². The molecule has 0 aliphatic carbocycles. The summed E-state index contributed by atoms with van der Waals surface area (Å²) in [4.78, 5) is 17.8. The van der Waals surface area contributed by atoms with E-state index in [4.69, 9.17) is 16.3 Å². The lowest BCUT2D eigenvalue weighted by molar-refractivity contribution is -0.116. The molecule has 0 radical (unpaired) electrons. The van der Waals surface area contributed by atoms with Crippen LogP contribution in [-0.2, 0) is 14.8 Å². The largest absolute Gasteiger partial charge is 0.497 e. The van der Waals surface area contributed by atoms with Crippen molar-refractivity contribution in [1.82, 2.24) is 13.9 Å². The quantitative estimate of drug-likeness (QED) is 0.299. The van der Waals surface area contributed by atoms with Crippen molar-refractivity contribution in [3.8, 4) is 22.7 Å². The number of methoxy groups -OCH3 is 1. The molecule has 198 valence electrons. The van der Waals surface area contributed by atoms with E-state index in [1.807, 2.05) is 30.3 Å². The average Bonchev–Trinajstić information content (AvgIpc) is 3.32. The first-order chi connectivity index (χ1) is 18.1. The summed E-state index contributed by atoms with van der Waals surface area (Å²) in [6.07, 6.45) is 1.68. The number of anilines is 1. The fourth-order valence-electron chi connectivity index (χ4n) is 3.78. The highest BCUT2D eigenvalue weighted by atomic mass is 35.5. The third-order valence-corrected chi connectivity index (χ3v) is 8.08. The summed E-state index contributed by atoms with van der Waals surface area (Å²) in [5.41, 5.74) is 1.81. The van der Waals surface area contributed by atoms with Crippen molar-refractivity contribution in [2.24, 2.45) is 0 Å². The van der Waals surface area contributed by atoms with Crippen LogP contribution in [-0.4, -0.2) is 47.9 Å². The number of imidazole rings is 1. The van der Waals surface area contributed by atoms with Gasteiger partial charge >= 0.3 is 0 Å². The van der Waals surface area contributed by atoms with E-state index >= 15 is 0 Å². The molecular formula is C27H26ClFN4O4S. The molecule has 0 saturated heterocycles.